The van der Waals surface area contributed by atoms with E-state index in [4.69, 9.17) is 28.7 Å². The molecule has 0 radical (unpaired) electrons. The van der Waals surface area contributed by atoms with E-state index in [1.165, 1.54) is 0 Å². The molecule has 0 aliphatic rings. The molecule has 5 atom stereocenters. The van der Waals surface area contributed by atoms with Crippen molar-refractivity contribution in [1.82, 2.24) is 16.0 Å². The van der Waals surface area contributed by atoms with Crippen LogP contribution in [0.4, 0.5) is 0 Å². The van der Waals surface area contributed by atoms with Crippen LogP contribution >= 0.6 is 0 Å². The van der Waals surface area contributed by atoms with Crippen LogP contribution in [0.3, 0.4) is 0 Å². The maximum absolute atomic E-state index is 13.3. The summed E-state index contributed by atoms with van der Waals surface area (Å²) >= 11 is 0. The zero-order chi connectivity index (χ0) is 29.4. The molecule has 0 rings (SSSR count). The van der Waals surface area contributed by atoms with Gasteiger partial charge in [-0.15, -0.1) is 0 Å². The number of aliphatic carboxylic acids is 1. The maximum Gasteiger partial charge on any atom is 0.326 e. The number of carbonyl (C=O) groups is 4. The highest BCUT2D eigenvalue weighted by Gasteiger charge is 2.33. The molecule has 5 unspecified atom stereocenters. The van der Waals surface area contributed by atoms with Gasteiger partial charge < -0.3 is 49.7 Å². The number of amides is 3. The molecule has 0 fully saturated rings. The molecule has 0 aliphatic carbocycles. The van der Waals surface area contributed by atoms with Gasteiger partial charge in [-0.1, -0.05) is 34.1 Å². The van der Waals surface area contributed by atoms with Gasteiger partial charge in [0.2, 0.25) is 17.7 Å². The molecule has 38 heavy (non-hydrogen) atoms. The quantitative estimate of drug-likeness (QED) is 0.0505. The summed E-state index contributed by atoms with van der Waals surface area (Å²) in [6.45, 7) is 7.44. The molecule has 0 heterocycles. The lowest BCUT2D eigenvalue weighted by Gasteiger charge is -2.28. The fourth-order valence-corrected chi connectivity index (χ4v) is 3.41. The second-order valence-corrected chi connectivity index (χ2v) is 9.51. The van der Waals surface area contributed by atoms with Crippen LogP contribution in [0, 0.1) is 11.8 Å². The van der Waals surface area contributed by atoms with Crippen molar-refractivity contribution in [3.8, 4) is 0 Å². The Balaban J connectivity index is 5.60. The van der Waals surface area contributed by atoms with Gasteiger partial charge in [0.1, 0.15) is 18.1 Å². The number of carboxylic acid groups (broad SMARTS) is 1. The van der Waals surface area contributed by atoms with E-state index in [1.54, 1.807) is 20.8 Å². The Labute approximate surface area is 223 Å². The molecule has 15 heteroatoms. The summed E-state index contributed by atoms with van der Waals surface area (Å²) in [5, 5.41) is 17.3. The number of nitrogens with one attached hydrogen (secondary N) is 3. The second-order valence-electron chi connectivity index (χ2n) is 9.51. The molecule has 14 N–H and O–H groups in total. The van der Waals surface area contributed by atoms with Crippen molar-refractivity contribution in [2.24, 2.45) is 50.5 Å². The number of carbonyl (C=O) groups excluding carboxylic acids is 3. The first kappa shape index (κ1) is 34.4. The van der Waals surface area contributed by atoms with Crippen molar-refractivity contribution in [3.05, 3.63) is 0 Å². The summed E-state index contributed by atoms with van der Waals surface area (Å²) < 4.78 is 0. The van der Waals surface area contributed by atoms with Gasteiger partial charge in [-0.25, -0.2) is 4.79 Å². The molecule has 15 nitrogen and oxygen atoms in total. The van der Waals surface area contributed by atoms with Gasteiger partial charge in [0.05, 0.1) is 6.04 Å². The number of hydrogen-bond donors (Lipinski definition) is 9. The molecular weight excluding hydrogens is 496 g/mol. The molecule has 0 aromatic rings. The van der Waals surface area contributed by atoms with Crippen molar-refractivity contribution in [3.63, 3.8) is 0 Å². The third-order valence-corrected chi connectivity index (χ3v) is 5.91. The van der Waals surface area contributed by atoms with E-state index in [1.807, 2.05) is 6.92 Å². The first-order valence-corrected chi connectivity index (χ1v) is 12.7. The van der Waals surface area contributed by atoms with Gasteiger partial charge in [0.15, 0.2) is 11.9 Å². The van der Waals surface area contributed by atoms with Crippen LogP contribution in [0.15, 0.2) is 9.98 Å². The lowest BCUT2D eigenvalue weighted by atomic mass is 9.96. The van der Waals surface area contributed by atoms with E-state index < -0.39 is 47.9 Å². The molecular formula is C23H46N10O5. The van der Waals surface area contributed by atoms with Crippen molar-refractivity contribution >= 4 is 35.6 Å². The number of guanidine groups is 2. The van der Waals surface area contributed by atoms with Gasteiger partial charge in [-0.05, 0) is 37.5 Å². The summed E-state index contributed by atoms with van der Waals surface area (Å²) in [7, 11) is 0. The molecule has 218 valence electrons. The van der Waals surface area contributed by atoms with Crippen LogP contribution in [-0.2, 0) is 19.2 Å². The number of carboxylic acids is 1. The SMILES string of the molecule is CCC(C)C(NC(=O)C(CCCN=C(N)N)NC(=O)C(N)CCCN=C(N)N)C(=O)NC(C(=O)O)C(C)C. The lowest BCUT2D eigenvalue weighted by molar-refractivity contribution is -0.144. The van der Waals surface area contributed by atoms with Crippen LogP contribution in [0.5, 0.6) is 0 Å². The molecule has 0 aromatic heterocycles. The van der Waals surface area contributed by atoms with Gasteiger partial charge in [-0.3, -0.25) is 24.4 Å². The van der Waals surface area contributed by atoms with E-state index >= 15 is 0 Å². The Kier molecular flexibility index (Phi) is 16.1. The van der Waals surface area contributed by atoms with Crippen LogP contribution in [0.25, 0.3) is 0 Å². The number of nitrogens with two attached hydrogens (primary N) is 5. The van der Waals surface area contributed by atoms with Crippen molar-refractivity contribution < 1.29 is 24.3 Å². The van der Waals surface area contributed by atoms with Gasteiger partial charge in [0.25, 0.3) is 0 Å². The Morgan fingerprint density at radius 2 is 1.26 bits per heavy atom. The van der Waals surface area contributed by atoms with E-state index in [-0.39, 0.29) is 43.1 Å². The molecule has 0 aliphatic heterocycles. The minimum Gasteiger partial charge on any atom is -0.480 e. The van der Waals surface area contributed by atoms with E-state index in [0.717, 1.165) is 0 Å². The molecule has 0 saturated heterocycles. The summed E-state index contributed by atoms with van der Waals surface area (Å²) in [4.78, 5) is 58.3. The second kappa shape index (κ2) is 17.8. The summed E-state index contributed by atoms with van der Waals surface area (Å²) in [6.07, 6.45) is 1.76. The summed E-state index contributed by atoms with van der Waals surface area (Å²) in [6, 6.07) is -4.12. The Morgan fingerprint density at radius 3 is 1.71 bits per heavy atom. The minimum atomic E-state index is -1.18. The maximum atomic E-state index is 13.3. The smallest absolute Gasteiger partial charge is 0.326 e. The zero-order valence-corrected chi connectivity index (χ0v) is 22.8. The molecule has 3 amide bonds. The van der Waals surface area contributed by atoms with Gasteiger partial charge >= 0.3 is 5.97 Å². The largest absolute Gasteiger partial charge is 0.480 e. The average molecular weight is 543 g/mol. The zero-order valence-electron chi connectivity index (χ0n) is 22.8. The first-order valence-electron chi connectivity index (χ1n) is 12.7. The van der Waals surface area contributed by atoms with Crippen molar-refractivity contribution in [1.29, 1.82) is 0 Å². The first-order chi connectivity index (χ1) is 17.7. The van der Waals surface area contributed by atoms with Crippen molar-refractivity contribution in [2.75, 3.05) is 13.1 Å². The topological polar surface area (TPSA) is 279 Å². The summed E-state index contributed by atoms with van der Waals surface area (Å²) in [5.41, 5.74) is 27.2. The molecule has 0 bridgehead atoms. The van der Waals surface area contributed by atoms with E-state index in [0.29, 0.717) is 25.8 Å². The highest BCUT2D eigenvalue weighted by Crippen LogP contribution is 2.12. The normalized spacial score (nSPS) is 14.8. The molecule has 0 saturated carbocycles. The highest BCUT2D eigenvalue weighted by atomic mass is 16.4. The average Bonchev–Trinajstić information content (AvgIpc) is 2.83. The Morgan fingerprint density at radius 1 is 0.763 bits per heavy atom. The number of rotatable bonds is 18. The highest BCUT2D eigenvalue weighted by molar-refractivity contribution is 5.94. The van der Waals surface area contributed by atoms with Crippen LogP contribution < -0.4 is 44.6 Å². The number of hydrogen-bond acceptors (Lipinski definition) is 7. The fourth-order valence-electron chi connectivity index (χ4n) is 3.41. The van der Waals surface area contributed by atoms with Crippen LogP contribution in [0.1, 0.15) is 59.8 Å². The van der Waals surface area contributed by atoms with Crippen LogP contribution in [0.2, 0.25) is 0 Å². The minimum absolute atomic E-state index is 0.0662. The van der Waals surface area contributed by atoms with E-state index in [2.05, 4.69) is 25.9 Å². The van der Waals surface area contributed by atoms with Gasteiger partial charge in [-0.2, -0.15) is 0 Å². The van der Waals surface area contributed by atoms with Crippen molar-refractivity contribution in [2.45, 2.75) is 84.0 Å². The van der Waals surface area contributed by atoms with Crippen LogP contribution in [-0.4, -0.2) is 78.0 Å². The molecule has 0 spiro atoms. The fraction of sp³-hybridized carbons (Fsp3) is 0.739. The Hall–Kier alpha value is -3.62. The predicted molar refractivity (Wildman–Crippen MR) is 146 cm³/mol. The third-order valence-electron chi connectivity index (χ3n) is 5.91. The predicted octanol–water partition coefficient (Wildman–Crippen LogP) is -2.34. The standard InChI is InChI=1S/C23H46N10O5/c1-5-13(4)17(20(36)32-16(12(2)3)21(37)38)33-19(35)15(9-7-11-30-23(27)28)31-18(34)14(24)8-6-10-29-22(25)26/h12-17H,5-11,24H2,1-4H3,(H,31,34)(H,32,36)(H,33,35)(H,37,38)(H4,25,26,29)(H4,27,28,30). The number of nitrogens with zero attached hydrogens (tertiary/aromatic N) is 2. The lowest BCUT2D eigenvalue weighted by Crippen LogP contribution is -2.59. The molecule has 0 aromatic carbocycles. The summed E-state index contributed by atoms with van der Waals surface area (Å²) in [5.74, 6) is -3.86. The monoisotopic (exact) mass is 542 g/mol. The van der Waals surface area contributed by atoms with Gasteiger partial charge in [0, 0.05) is 13.1 Å². The number of aliphatic imine (C=N–C) groups is 2. The third kappa shape index (κ3) is 13.6. The Bertz CT molecular complexity index is 840. The van der Waals surface area contributed by atoms with E-state index in [9.17, 15) is 24.3 Å².